The number of hydrogen-bond donors (Lipinski definition) is 2. The minimum Gasteiger partial charge on any atom is -0.353 e. The van der Waals surface area contributed by atoms with E-state index in [4.69, 9.17) is 5.73 Å². The number of fused-ring (bicyclic) bond motifs is 1. The maximum absolute atomic E-state index is 11.3. The standard InChI is InChI=1S/C11H14N6O/c12-11(7-1-2-7)4-16(5-11)8-3-9-14-15-10(18)17(9)6-13-8/h3,6-7H,1-2,4-5,12H2,(H,15,18). The van der Waals surface area contributed by atoms with Gasteiger partial charge in [0.05, 0.1) is 5.54 Å². The predicted molar refractivity (Wildman–Crippen MR) is 65.5 cm³/mol. The first-order chi connectivity index (χ1) is 8.66. The first-order valence-electron chi connectivity index (χ1n) is 6.12. The fourth-order valence-corrected chi connectivity index (χ4v) is 2.72. The van der Waals surface area contributed by atoms with Crippen molar-refractivity contribution in [3.8, 4) is 0 Å². The van der Waals surface area contributed by atoms with E-state index in [9.17, 15) is 4.79 Å². The Labute approximate surface area is 103 Å². The van der Waals surface area contributed by atoms with Gasteiger partial charge in [0.15, 0.2) is 5.65 Å². The largest absolute Gasteiger partial charge is 0.353 e. The monoisotopic (exact) mass is 246 g/mol. The Morgan fingerprint density at radius 1 is 1.44 bits per heavy atom. The van der Waals surface area contributed by atoms with Crippen LogP contribution in [0.1, 0.15) is 12.8 Å². The Balaban J connectivity index is 1.62. The van der Waals surface area contributed by atoms with E-state index < -0.39 is 0 Å². The van der Waals surface area contributed by atoms with Crippen molar-refractivity contribution in [3.05, 3.63) is 22.9 Å². The van der Waals surface area contributed by atoms with Crippen molar-refractivity contribution < 1.29 is 0 Å². The van der Waals surface area contributed by atoms with E-state index in [0.29, 0.717) is 11.6 Å². The lowest BCUT2D eigenvalue weighted by atomic mass is 9.86. The van der Waals surface area contributed by atoms with Crippen molar-refractivity contribution in [2.45, 2.75) is 18.4 Å². The molecule has 3 heterocycles. The van der Waals surface area contributed by atoms with Crippen molar-refractivity contribution in [2.24, 2.45) is 11.7 Å². The molecular formula is C11H14N6O. The van der Waals surface area contributed by atoms with Crippen LogP contribution in [0.25, 0.3) is 5.65 Å². The zero-order valence-corrected chi connectivity index (χ0v) is 9.83. The number of H-pyrrole nitrogens is 1. The summed E-state index contributed by atoms with van der Waals surface area (Å²) in [7, 11) is 0. The molecule has 7 nitrogen and oxygen atoms in total. The van der Waals surface area contributed by atoms with Gasteiger partial charge in [0.25, 0.3) is 0 Å². The van der Waals surface area contributed by atoms with Gasteiger partial charge >= 0.3 is 5.69 Å². The fourth-order valence-electron chi connectivity index (χ4n) is 2.72. The Kier molecular flexibility index (Phi) is 1.74. The molecule has 4 rings (SSSR count). The van der Waals surface area contributed by atoms with Gasteiger partial charge in [-0.3, -0.25) is 0 Å². The Morgan fingerprint density at radius 3 is 2.94 bits per heavy atom. The molecule has 7 heteroatoms. The summed E-state index contributed by atoms with van der Waals surface area (Å²) in [5.41, 5.74) is 6.60. The van der Waals surface area contributed by atoms with Gasteiger partial charge in [0.1, 0.15) is 12.1 Å². The molecule has 0 amide bonds. The van der Waals surface area contributed by atoms with Gasteiger partial charge in [-0.1, -0.05) is 0 Å². The molecule has 3 N–H and O–H groups in total. The number of hydrogen-bond acceptors (Lipinski definition) is 5. The number of anilines is 1. The molecule has 1 saturated carbocycles. The molecule has 0 spiro atoms. The van der Waals surface area contributed by atoms with Gasteiger partial charge in [0.2, 0.25) is 0 Å². The zero-order chi connectivity index (χ0) is 12.3. The average molecular weight is 246 g/mol. The molecule has 0 bridgehead atoms. The lowest BCUT2D eigenvalue weighted by Gasteiger charge is -2.48. The van der Waals surface area contributed by atoms with Crippen LogP contribution in [0, 0.1) is 5.92 Å². The van der Waals surface area contributed by atoms with Crippen LogP contribution in [0.2, 0.25) is 0 Å². The summed E-state index contributed by atoms with van der Waals surface area (Å²) in [5.74, 6) is 1.52. The van der Waals surface area contributed by atoms with Crippen molar-refractivity contribution in [1.82, 2.24) is 19.6 Å². The molecule has 0 aromatic carbocycles. The molecule has 18 heavy (non-hydrogen) atoms. The number of nitrogens with one attached hydrogen (secondary N) is 1. The second-order valence-corrected chi connectivity index (χ2v) is 5.37. The molecule has 2 fully saturated rings. The molecule has 0 atom stereocenters. The number of nitrogens with zero attached hydrogens (tertiary/aromatic N) is 4. The van der Waals surface area contributed by atoms with E-state index in [1.165, 1.54) is 23.6 Å². The predicted octanol–water partition coefficient (Wildman–Crippen LogP) is -0.655. The van der Waals surface area contributed by atoms with E-state index in [2.05, 4.69) is 20.1 Å². The van der Waals surface area contributed by atoms with Crippen molar-refractivity contribution in [3.63, 3.8) is 0 Å². The van der Waals surface area contributed by atoms with Gasteiger partial charge in [-0.2, -0.15) is 5.10 Å². The normalized spacial score (nSPS) is 22.2. The van der Waals surface area contributed by atoms with Crippen LogP contribution in [0.15, 0.2) is 17.2 Å². The van der Waals surface area contributed by atoms with Crippen molar-refractivity contribution in [1.29, 1.82) is 0 Å². The second-order valence-electron chi connectivity index (χ2n) is 5.37. The first kappa shape index (κ1) is 10.1. The number of aromatic nitrogens is 4. The molecule has 94 valence electrons. The first-order valence-corrected chi connectivity index (χ1v) is 6.12. The summed E-state index contributed by atoms with van der Waals surface area (Å²) in [4.78, 5) is 17.7. The van der Waals surface area contributed by atoms with E-state index in [-0.39, 0.29) is 11.2 Å². The summed E-state index contributed by atoms with van der Waals surface area (Å²) in [5, 5.41) is 6.33. The molecule has 0 unspecified atom stereocenters. The Bertz CT molecular complexity index is 663. The summed E-state index contributed by atoms with van der Waals surface area (Å²) < 4.78 is 1.39. The molecule has 1 aliphatic carbocycles. The molecule has 0 radical (unpaired) electrons. The highest BCUT2D eigenvalue weighted by Crippen LogP contribution is 2.43. The van der Waals surface area contributed by atoms with Crippen LogP contribution < -0.4 is 16.3 Å². The number of aromatic amines is 1. The van der Waals surface area contributed by atoms with Crippen LogP contribution in [0.4, 0.5) is 5.82 Å². The van der Waals surface area contributed by atoms with Gasteiger partial charge in [0, 0.05) is 19.2 Å². The van der Waals surface area contributed by atoms with Crippen molar-refractivity contribution in [2.75, 3.05) is 18.0 Å². The Morgan fingerprint density at radius 2 is 2.22 bits per heavy atom. The van der Waals surface area contributed by atoms with E-state index in [1.54, 1.807) is 0 Å². The summed E-state index contributed by atoms with van der Waals surface area (Å²) >= 11 is 0. The summed E-state index contributed by atoms with van der Waals surface area (Å²) in [6.07, 6.45) is 4.02. The van der Waals surface area contributed by atoms with E-state index in [0.717, 1.165) is 18.9 Å². The van der Waals surface area contributed by atoms with Crippen LogP contribution in [-0.2, 0) is 0 Å². The van der Waals surface area contributed by atoms with Crippen LogP contribution >= 0.6 is 0 Å². The summed E-state index contributed by atoms with van der Waals surface area (Å²) in [6, 6.07) is 1.81. The topological polar surface area (TPSA) is 92.3 Å². The minimum atomic E-state index is -0.265. The number of nitrogens with two attached hydrogens (primary N) is 1. The summed E-state index contributed by atoms with van der Waals surface area (Å²) in [6.45, 7) is 1.69. The molecule has 2 aromatic rings. The third kappa shape index (κ3) is 1.30. The highest BCUT2D eigenvalue weighted by Gasteiger charge is 2.50. The van der Waals surface area contributed by atoms with Crippen LogP contribution in [0.5, 0.6) is 0 Å². The van der Waals surface area contributed by atoms with Gasteiger partial charge in [-0.25, -0.2) is 19.3 Å². The third-order valence-electron chi connectivity index (χ3n) is 3.98. The highest BCUT2D eigenvalue weighted by atomic mass is 16.1. The van der Waals surface area contributed by atoms with Crippen molar-refractivity contribution >= 4 is 11.5 Å². The molecule has 1 saturated heterocycles. The van der Waals surface area contributed by atoms with Crippen LogP contribution in [0.3, 0.4) is 0 Å². The average Bonchev–Trinajstić information content (AvgIpc) is 3.11. The fraction of sp³-hybridized carbons (Fsp3) is 0.545. The number of rotatable bonds is 2. The lowest BCUT2D eigenvalue weighted by Crippen LogP contribution is -2.69. The zero-order valence-electron chi connectivity index (χ0n) is 9.83. The smallest absolute Gasteiger partial charge is 0.348 e. The maximum atomic E-state index is 11.3. The molecular weight excluding hydrogens is 232 g/mol. The van der Waals surface area contributed by atoms with Gasteiger partial charge in [-0.05, 0) is 18.8 Å². The van der Waals surface area contributed by atoms with Gasteiger partial charge < -0.3 is 10.6 Å². The van der Waals surface area contributed by atoms with Crippen LogP contribution in [-0.4, -0.2) is 38.2 Å². The second kappa shape index (κ2) is 3.11. The van der Waals surface area contributed by atoms with E-state index in [1.807, 2.05) is 6.07 Å². The Hall–Kier alpha value is -1.89. The quantitative estimate of drug-likeness (QED) is 0.734. The maximum Gasteiger partial charge on any atom is 0.348 e. The molecule has 2 aliphatic rings. The van der Waals surface area contributed by atoms with E-state index >= 15 is 0 Å². The lowest BCUT2D eigenvalue weighted by molar-refractivity contribution is 0.289. The third-order valence-corrected chi connectivity index (χ3v) is 3.98. The molecule has 2 aromatic heterocycles. The molecule has 1 aliphatic heterocycles. The highest BCUT2D eigenvalue weighted by molar-refractivity contribution is 5.53. The SMILES string of the molecule is NC1(C2CC2)CN(c2cc3n[nH]c(=O)n3cn2)C1. The van der Waals surface area contributed by atoms with Gasteiger partial charge in [-0.15, -0.1) is 0 Å². The minimum absolute atomic E-state index is 0.0287.